The van der Waals surface area contributed by atoms with Gasteiger partial charge in [-0.05, 0) is 19.1 Å². The van der Waals surface area contributed by atoms with E-state index in [1.807, 2.05) is 42.3 Å². The molecule has 0 saturated carbocycles. The molecule has 0 unspecified atom stereocenters. The number of carbonyl (C=O) groups excluding carboxylic acids is 1. The fraction of sp³-hybridized carbons (Fsp3) is 0.286. The van der Waals surface area contributed by atoms with Gasteiger partial charge in [0.1, 0.15) is 0 Å². The predicted octanol–water partition coefficient (Wildman–Crippen LogP) is 1.92. The van der Waals surface area contributed by atoms with Gasteiger partial charge in [-0.3, -0.25) is 9.89 Å². The Morgan fingerprint density at radius 2 is 2.33 bits per heavy atom. The lowest BCUT2D eigenvalue weighted by molar-refractivity contribution is 0.0734. The Balaban J connectivity index is 1.83. The molecule has 0 aliphatic carbocycles. The van der Waals surface area contributed by atoms with E-state index in [1.165, 1.54) is 0 Å². The highest BCUT2D eigenvalue weighted by atomic mass is 16.2. The second kappa shape index (κ2) is 4.29. The summed E-state index contributed by atoms with van der Waals surface area (Å²) in [5.41, 5.74) is 4.16. The van der Waals surface area contributed by atoms with Crippen LogP contribution < -0.4 is 0 Å². The summed E-state index contributed by atoms with van der Waals surface area (Å²) in [6.45, 7) is 3.40. The van der Waals surface area contributed by atoms with Crippen molar-refractivity contribution in [3.05, 3.63) is 52.8 Å². The molecule has 4 nitrogen and oxygen atoms in total. The van der Waals surface area contributed by atoms with Crippen LogP contribution >= 0.6 is 0 Å². The molecule has 1 amide bonds. The molecule has 1 aliphatic rings. The van der Waals surface area contributed by atoms with E-state index in [0.717, 1.165) is 35.3 Å². The molecule has 1 aliphatic heterocycles. The van der Waals surface area contributed by atoms with Crippen molar-refractivity contribution in [1.29, 1.82) is 0 Å². The summed E-state index contributed by atoms with van der Waals surface area (Å²) in [6, 6.07) is 7.74. The fourth-order valence-electron chi connectivity index (χ4n) is 2.36. The SMILES string of the molecule is Cc1cccc(C(=O)N2CCc3[nH]ncc3C2)c1. The maximum atomic E-state index is 12.4. The molecule has 1 N–H and O–H groups in total. The average Bonchev–Trinajstić information content (AvgIpc) is 2.85. The number of aryl methyl sites for hydroxylation is 1. The number of hydrogen-bond acceptors (Lipinski definition) is 2. The minimum atomic E-state index is 0.102. The molecule has 0 fully saturated rings. The van der Waals surface area contributed by atoms with Gasteiger partial charge in [0.2, 0.25) is 0 Å². The molecule has 2 heterocycles. The Bertz CT molecular complexity index is 588. The number of nitrogens with zero attached hydrogens (tertiary/aromatic N) is 2. The van der Waals surface area contributed by atoms with Crippen molar-refractivity contribution < 1.29 is 4.79 Å². The zero-order chi connectivity index (χ0) is 12.5. The summed E-state index contributed by atoms with van der Waals surface area (Å²) in [5.74, 6) is 0.102. The number of carbonyl (C=O) groups is 1. The standard InChI is InChI=1S/C14H15N3O/c1-10-3-2-4-11(7-10)14(18)17-6-5-13-12(9-17)8-15-16-13/h2-4,7-8H,5-6,9H2,1H3,(H,15,16). The second-order valence-corrected chi connectivity index (χ2v) is 4.72. The molecule has 1 aromatic carbocycles. The maximum Gasteiger partial charge on any atom is 0.254 e. The molecule has 0 saturated heterocycles. The van der Waals surface area contributed by atoms with Gasteiger partial charge in [-0.25, -0.2) is 0 Å². The van der Waals surface area contributed by atoms with Crippen LogP contribution in [0, 0.1) is 6.92 Å². The number of aromatic amines is 1. The van der Waals surface area contributed by atoms with E-state index in [0.29, 0.717) is 6.54 Å². The number of nitrogens with one attached hydrogen (secondary N) is 1. The Kier molecular flexibility index (Phi) is 2.63. The second-order valence-electron chi connectivity index (χ2n) is 4.72. The van der Waals surface area contributed by atoms with Crippen LogP contribution in [0.25, 0.3) is 0 Å². The molecule has 18 heavy (non-hydrogen) atoms. The highest BCUT2D eigenvalue weighted by Gasteiger charge is 2.22. The summed E-state index contributed by atoms with van der Waals surface area (Å²) >= 11 is 0. The summed E-state index contributed by atoms with van der Waals surface area (Å²) in [5, 5.41) is 7.00. The largest absolute Gasteiger partial charge is 0.334 e. The Morgan fingerprint density at radius 1 is 1.44 bits per heavy atom. The van der Waals surface area contributed by atoms with Crippen LogP contribution in [0.15, 0.2) is 30.5 Å². The molecule has 92 valence electrons. The van der Waals surface area contributed by atoms with Crippen LogP contribution in [0.1, 0.15) is 27.2 Å². The number of rotatable bonds is 1. The van der Waals surface area contributed by atoms with Crippen LogP contribution in [0.2, 0.25) is 0 Å². The minimum absolute atomic E-state index is 0.102. The molecule has 1 aromatic heterocycles. The quantitative estimate of drug-likeness (QED) is 0.829. The first-order valence-electron chi connectivity index (χ1n) is 6.11. The Hall–Kier alpha value is -2.10. The van der Waals surface area contributed by atoms with Crippen molar-refractivity contribution in [2.45, 2.75) is 19.9 Å². The topological polar surface area (TPSA) is 49.0 Å². The van der Waals surface area contributed by atoms with E-state index in [1.54, 1.807) is 0 Å². The molecule has 0 bridgehead atoms. The van der Waals surface area contributed by atoms with Crippen molar-refractivity contribution in [3.8, 4) is 0 Å². The fourth-order valence-corrected chi connectivity index (χ4v) is 2.36. The molecular formula is C14H15N3O. The Labute approximate surface area is 106 Å². The maximum absolute atomic E-state index is 12.4. The number of aromatic nitrogens is 2. The lowest BCUT2D eigenvalue weighted by atomic mass is 10.1. The average molecular weight is 241 g/mol. The highest BCUT2D eigenvalue weighted by molar-refractivity contribution is 5.94. The smallest absolute Gasteiger partial charge is 0.254 e. The lowest BCUT2D eigenvalue weighted by Crippen LogP contribution is -2.35. The molecule has 3 rings (SSSR count). The van der Waals surface area contributed by atoms with Gasteiger partial charge in [-0.2, -0.15) is 5.10 Å². The van der Waals surface area contributed by atoms with Gasteiger partial charge < -0.3 is 4.90 Å². The van der Waals surface area contributed by atoms with Crippen LogP contribution in [-0.2, 0) is 13.0 Å². The normalized spacial score (nSPS) is 14.4. The summed E-state index contributed by atoms with van der Waals surface area (Å²) in [6.07, 6.45) is 2.66. The number of hydrogen-bond donors (Lipinski definition) is 1. The van der Waals surface area contributed by atoms with E-state index < -0.39 is 0 Å². The first-order valence-corrected chi connectivity index (χ1v) is 6.11. The van der Waals surface area contributed by atoms with E-state index in [4.69, 9.17) is 0 Å². The van der Waals surface area contributed by atoms with Gasteiger partial charge in [0.15, 0.2) is 0 Å². The van der Waals surface area contributed by atoms with Gasteiger partial charge in [-0.1, -0.05) is 17.7 Å². The monoisotopic (exact) mass is 241 g/mol. The van der Waals surface area contributed by atoms with Crippen molar-refractivity contribution in [3.63, 3.8) is 0 Å². The summed E-state index contributed by atoms with van der Waals surface area (Å²) < 4.78 is 0. The van der Waals surface area contributed by atoms with Crippen LogP contribution in [0.5, 0.6) is 0 Å². The minimum Gasteiger partial charge on any atom is -0.334 e. The molecule has 2 aromatic rings. The zero-order valence-electron chi connectivity index (χ0n) is 10.3. The Morgan fingerprint density at radius 3 is 3.17 bits per heavy atom. The first kappa shape index (κ1) is 11.0. The third-order valence-electron chi connectivity index (χ3n) is 3.35. The summed E-state index contributed by atoms with van der Waals surface area (Å²) in [4.78, 5) is 14.3. The van der Waals surface area contributed by atoms with E-state index >= 15 is 0 Å². The molecular weight excluding hydrogens is 226 g/mol. The number of amides is 1. The number of benzene rings is 1. The first-order chi connectivity index (χ1) is 8.74. The zero-order valence-corrected chi connectivity index (χ0v) is 10.3. The van der Waals surface area contributed by atoms with Gasteiger partial charge in [-0.15, -0.1) is 0 Å². The van der Waals surface area contributed by atoms with Crippen molar-refractivity contribution >= 4 is 5.91 Å². The van der Waals surface area contributed by atoms with E-state index in [9.17, 15) is 4.79 Å². The van der Waals surface area contributed by atoms with Crippen LogP contribution in [0.3, 0.4) is 0 Å². The molecule has 0 atom stereocenters. The van der Waals surface area contributed by atoms with E-state index in [2.05, 4.69) is 10.2 Å². The van der Waals surface area contributed by atoms with Crippen molar-refractivity contribution in [1.82, 2.24) is 15.1 Å². The summed E-state index contributed by atoms with van der Waals surface area (Å²) in [7, 11) is 0. The molecule has 0 spiro atoms. The number of fused-ring (bicyclic) bond motifs is 1. The lowest BCUT2D eigenvalue weighted by Gasteiger charge is -2.26. The van der Waals surface area contributed by atoms with Gasteiger partial charge in [0.05, 0.1) is 6.20 Å². The van der Waals surface area contributed by atoms with Crippen LogP contribution in [-0.4, -0.2) is 27.5 Å². The predicted molar refractivity (Wildman–Crippen MR) is 68.2 cm³/mol. The molecule has 0 radical (unpaired) electrons. The van der Waals surface area contributed by atoms with Gasteiger partial charge in [0.25, 0.3) is 5.91 Å². The van der Waals surface area contributed by atoms with Crippen molar-refractivity contribution in [2.75, 3.05) is 6.54 Å². The van der Waals surface area contributed by atoms with Gasteiger partial charge >= 0.3 is 0 Å². The third-order valence-corrected chi connectivity index (χ3v) is 3.35. The van der Waals surface area contributed by atoms with Crippen LogP contribution in [0.4, 0.5) is 0 Å². The highest BCUT2D eigenvalue weighted by Crippen LogP contribution is 2.18. The third kappa shape index (κ3) is 1.90. The van der Waals surface area contributed by atoms with E-state index in [-0.39, 0.29) is 5.91 Å². The molecule has 4 heteroatoms. The number of H-pyrrole nitrogens is 1. The van der Waals surface area contributed by atoms with Gasteiger partial charge in [0, 0.05) is 36.3 Å². The van der Waals surface area contributed by atoms with Crippen molar-refractivity contribution in [2.24, 2.45) is 0 Å².